The van der Waals surface area contributed by atoms with Gasteiger partial charge < -0.3 is 24.6 Å². The Balaban J connectivity index is 1.78. The Morgan fingerprint density at radius 2 is 2.03 bits per heavy atom. The van der Waals surface area contributed by atoms with Crippen molar-refractivity contribution < 1.29 is 9.47 Å². The molecule has 1 saturated heterocycles. The number of likely N-dealkylation sites (N-methyl/N-ethyl adjacent to an activating group) is 1. The lowest BCUT2D eigenvalue weighted by molar-refractivity contribution is 0.126. The Hall–Kier alpha value is -1.53. The van der Waals surface area contributed by atoms with Crippen LogP contribution in [0.1, 0.15) is 51.0 Å². The third-order valence-electron chi connectivity index (χ3n) is 7.13. The average molecular weight is 420 g/mol. The molecule has 0 bridgehead atoms. The van der Waals surface area contributed by atoms with Gasteiger partial charge in [-0.05, 0) is 75.6 Å². The number of methoxy groups -OCH3 is 2. The molecule has 0 unspecified atom stereocenters. The van der Waals surface area contributed by atoms with Crippen LogP contribution in [-0.4, -0.2) is 68.4 Å². The second-order valence-corrected chi connectivity index (χ2v) is 8.98. The van der Waals surface area contributed by atoms with E-state index in [9.17, 15) is 0 Å². The predicted octanol–water partition coefficient (Wildman–Crippen LogP) is 3.80. The fourth-order valence-electron chi connectivity index (χ4n) is 5.26. The first-order valence-corrected chi connectivity index (χ1v) is 11.3. The van der Waals surface area contributed by atoms with Crippen molar-refractivity contribution in [2.24, 2.45) is 0 Å². The van der Waals surface area contributed by atoms with Crippen LogP contribution in [0.25, 0.3) is 0 Å². The Morgan fingerprint density at radius 3 is 2.72 bits per heavy atom. The van der Waals surface area contributed by atoms with E-state index in [1.54, 1.807) is 14.2 Å². The van der Waals surface area contributed by atoms with Gasteiger partial charge in [0.15, 0.2) is 16.6 Å². The topological polar surface area (TPSA) is 37.0 Å². The number of unbranched alkanes of at least 4 members (excludes halogenated alkanes) is 1. The van der Waals surface area contributed by atoms with E-state index in [-0.39, 0.29) is 5.41 Å². The Morgan fingerprint density at radius 1 is 1.28 bits per heavy atom. The summed E-state index contributed by atoms with van der Waals surface area (Å²) in [6.45, 7) is 4.30. The van der Waals surface area contributed by atoms with Gasteiger partial charge in [0.2, 0.25) is 0 Å². The minimum atomic E-state index is 0.183. The number of ether oxygens (including phenoxy) is 2. The highest BCUT2D eigenvalue weighted by Crippen LogP contribution is 2.50. The van der Waals surface area contributed by atoms with Crippen molar-refractivity contribution in [3.05, 3.63) is 23.8 Å². The molecule has 2 aliphatic rings. The van der Waals surface area contributed by atoms with E-state index in [2.05, 4.69) is 54.3 Å². The van der Waals surface area contributed by atoms with Gasteiger partial charge in [0.1, 0.15) is 0 Å². The van der Waals surface area contributed by atoms with Gasteiger partial charge in [-0.3, -0.25) is 0 Å². The van der Waals surface area contributed by atoms with E-state index in [0.29, 0.717) is 12.1 Å². The summed E-state index contributed by atoms with van der Waals surface area (Å²) < 4.78 is 11.1. The molecule has 1 heterocycles. The van der Waals surface area contributed by atoms with Gasteiger partial charge in [-0.15, -0.1) is 0 Å². The predicted molar refractivity (Wildman–Crippen MR) is 123 cm³/mol. The molecule has 162 valence electrons. The Labute approximate surface area is 181 Å². The van der Waals surface area contributed by atoms with Gasteiger partial charge in [0.25, 0.3) is 0 Å². The highest BCUT2D eigenvalue weighted by atomic mass is 32.1. The number of likely N-dealkylation sites (tertiary alicyclic amines) is 1. The monoisotopic (exact) mass is 419 g/mol. The molecule has 0 aromatic heterocycles. The van der Waals surface area contributed by atoms with Crippen LogP contribution in [0, 0.1) is 0 Å². The zero-order valence-corrected chi connectivity index (χ0v) is 19.5. The molecule has 1 aromatic carbocycles. The fourth-order valence-corrected chi connectivity index (χ4v) is 5.51. The standard InChI is InChI=1S/C23H37N3O2S/c1-6-7-13-24-22(29)26(3)18-10-11-23(12-14-25(2)21(23)16-18)17-8-9-19(27-4)20(15-17)28-5/h8-9,15,18,21H,6-7,10-14,16H2,1-5H3,(H,24,29)/t18-,21-,23-/m0/s1. The molecule has 1 saturated carbocycles. The third kappa shape index (κ3) is 4.33. The Kier molecular flexibility index (Phi) is 7.28. The zero-order valence-electron chi connectivity index (χ0n) is 18.7. The Bertz CT molecular complexity index is 713. The molecular weight excluding hydrogens is 382 g/mol. The van der Waals surface area contributed by atoms with Gasteiger partial charge in [-0.1, -0.05) is 19.4 Å². The van der Waals surface area contributed by atoms with Crippen molar-refractivity contribution in [1.29, 1.82) is 0 Å². The molecule has 3 atom stereocenters. The maximum absolute atomic E-state index is 5.67. The first-order valence-electron chi connectivity index (χ1n) is 10.9. The highest BCUT2D eigenvalue weighted by Gasteiger charge is 2.51. The smallest absolute Gasteiger partial charge is 0.168 e. The van der Waals surface area contributed by atoms with E-state index in [0.717, 1.165) is 49.0 Å². The number of fused-ring (bicyclic) bond motifs is 1. The van der Waals surface area contributed by atoms with Crippen LogP contribution in [0.4, 0.5) is 0 Å². The maximum atomic E-state index is 5.67. The number of hydrogen-bond acceptors (Lipinski definition) is 4. The number of rotatable bonds is 7. The van der Waals surface area contributed by atoms with Crippen LogP contribution in [0.2, 0.25) is 0 Å². The van der Waals surface area contributed by atoms with E-state index in [4.69, 9.17) is 21.7 Å². The van der Waals surface area contributed by atoms with Crippen LogP contribution in [-0.2, 0) is 5.41 Å². The van der Waals surface area contributed by atoms with Crippen LogP contribution in [0.3, 0.4) is 0 Å². The van der Waals surface area contributed by atoms with E-state index >= 15 is 0 Å². The summed E-state index contributed by atoms with van der Waals surface area (Å²) in [5, 5.41) is 4.33. The minimum Gasteiger partial charge on any atom is -0.493 e. The summed E-state index contributed by atoms with van der Waals surface area (Å²) in [5.41, 5.74) is 1.57. The summed E-state index contributed by atoms with van der Waals surface area (Å²) in [4.78, 5) is 4.85. The maximum Gasteiger partial charge on any atom is 0.168 e. The van der Waals surface area contributed by atoms with E-state index in [1.807, 2.05) is 0 Å². The lowest BCUT2D eigenvalue weighted by Gasteiger charge is -2.47. The number of benzene rings is 1. The van der Waals surface area contributed by atoms with Crippen molar-refractivity contribution >= 4 is 17.3 Å². The molecule has 0 spiro atoms. The fraction of sp³-hybridized carbons (Fsp3) is 0.696. The molecule has 0 radical (unpaired) electrons. The first kappa shape index (κ1) is 22.2. The molecule has 5 nitrogen and oxygen atoms in total. The molecule has 3 rings (SSSR count). The van der Waals surface area contributed by atoms with Gasteiger partial charge in [0, 0.05) is 31.1 Å². The van der Waals surface area contributed by atoms with Crippen molar-refractivity contribution in [3.63, 3.8) is 0 Å². The van der Waals surface area contributed by atoms with Crippen LogP contribution in [0.5, 0.6) is 11.5 Å². The highest BCUT2D eigenvalue weighted by molar-refractivity contribution is 7.80. The van der Waals surface area contributed by atoms with Crippen LogP contribution in [0.15, 0.2) is 18.2 Å². The largest absolute Gasteiger partial charge is 0.493 e. The molecule has 0 amide bonds. The van der Waals surface area contributed by atoms with Crippen molar-refractivity contribution in [2.45, 2.75) is 62.9 Å². The summed E-state index contributed by atoms with van der Waals surface area (Å²) in [7, 11) is 7.84. The summed E-state index contributed by atoms with van der Waals surface area (Å²) in [5.74, 6) is 1.63. The molecule has 1 aromatic rings. The normalized spacial score (nSPS) is 26.7. The van der Waals surface area contributed by atoms with Gasteiger partial charge >= 0.3 is 0 Å². The van der Waals surface area contributed by atoms with Crippen LogP contribution < -0.4 is 14.8 Å². The van der Waals surface area contributed by atoms with Gasteiger partial charge in [0.05, 0.1) is 14.2 Å². The average Bonchev–Trinajstić information content (AvgIpc) is 3.09. The van der Waals surface area contributed by atoms with E-state index in [1.165, 1.54) is 24.8 Å². The van der Waals surface area contributed by atoms with Crippen molar-refractivity contribution in [3.8, 4) is 11.5 Å². The second kappa shape index (κ2) is 9.52. The number of nitrogens with zero attached hydrogens (tertiary/aromatic N) is 2. The van der Waals surface area contributed by atoms with Gasteiger partial charge in [-0.2, -0.15) is 0 Å². The quantitative estimate of drug-likeness (QED) is 0.535. The zero-order chi connectivity index (χ0) is 21.0. The SMILES string of the molecule is CCCCNC(=S)N(C)[C@H]1CC[C@@]2(c3ccc(OC)c(OC)c3)CCN(C)[C@H]2C1. The molecule has 1 N–H and O–H groups in total. The van der Waals surface area contributed by atoms with E-state index < -0.39 is 0 Å². The summed E-state index contributed by atoms with van der Waals surface area (Å²) in [6.07, 6.45) is 7.00. The summed E-state index contributed by atoms with van der Waals surface area (Å²) >= 11 is 5.67. The number of nitrogens with one attached hydrogen (secondary N) is 1. The molecule has 1 aliphatic heterocycles. The number of thiocarbonyl (C=S) groups is 1. The molecule has 2 fully saturated rings. The third-order valence-corrected chi connectivity index (χ3v) is 7.56. The molecule has 29 heavy (non-hydrogen) atoms. The molecule has 6 heteroatoms. The van der Waals surface area contributed by atoms with Crippen molar-refractivity contribution in [1.82, 2.24) is 15.1 Å². The lowest BCUT2D eigenvalue weighted by Crippen LogP contribution is -2.53. The van der Waals surface area contributed by atoms with Crippen LogP contribution >= 0.6 is 12.2 Å². The van der Waals surface area contributed by atoms with Gasteiger partial charge in [-0.25, -0.2) is 0 Å². The number of hydrogen-bond donors (Lipinski definition) is 1. The minimum absolute atomic E-state index is 0.183. The second-order valence-electron chi connectivity index (χ2n) is 8.60. The first-order chi connectivity index (χ1) is 14.0. The molecular formula is C23H37N3O2S. The molecule has 1 aliphatic carbocycles. The summed E-state index contributed by atoms with van der Waals surface area (Å²) in [6, 6.07) is 7.50. The lowest BCUT2D eigenvalue weighted by atomic mass is 9.65. The van der Waals surface area contributed by atoms with Crippen molar-refractivity contribution in [2.75, 3.05) is 41.4 Å².